The van der Waals surface area contributed by atoms with Gasteiger partial charge in [-0.25, -0.2) is 8.42 Å². The Morgan fingerprint density at radius 3 is 2.58 bits per heavy atom. The van der Waals surface area contributed by atoms with Gasteiger partial charge in [0.25, 0.3) is 0 Å². The summed E-state index contributed by atoms with van der Waals surface area (Å²) in [6.45, 7) is 3.46. The van der Waals surface area contributed by atoms with Crippen LogP contribution < -0.4 is 9.47 Å². The molecule has 140 valence electrons. The van der Waals surface area contributed by atoms with Gasteiger partial charge in [0, 0.05) is 25.5 Å². The van der Waals surface area contributed by atoms with Crippen LogP contribution in [0, 0.1) is 5.92 Å². The Balaban J connectivity index is 1.52. The van der Waals surface area contributed by atoms with Crippen LogP contribution in [0.2, 0.25) is 0 Å². The van der Waals surface area contributed by atoms with E-state index in [0.29, 0.717) is 42.3 Å². The maximum Gasteiger partial charge on any atom is 0.243 e. The van der Waals surface area contributed by atoms with Gasteiger partial charge >= 0.3 is 0 Å². The van der Waals surface area contributed by atoms with Gasteiger partial charge < -0.3 is 13.9 Å². The highest BCUT2D eigenvalue weighted by molar-refractivity contribution is 7.89. The number of furan rings is 1. The molecule has 0 spiro atoms. The van der Waals surface area contributed by atoms with Crippen LogP contribution in [0.15, 0.2) is 39.6 Å². The minimum Gasteiger partial charge on any atom is -0.490 e. The average Bonchev–Trinajstić information content (AvgIpc) is 3.25. The molecule has 7 heteroatoms. The van der Waals surface area contributed by atoms with Crippen LogP contribution in [0.25, 0.3) is 0 Å². The summed E-state index contributed by atoms with van der Waals surface area (Å²) in [6.07, 6.45) is 1.91. The van der Waals surface area contributed by atoms with Crippen molar-refractivity contribution in [1.29, 1.82) is 0 Å². The van der Waals surface area contributed by atoms with Gasteiger partial charge in [-0.15, -0.1) is 0 Å². The molecule has 2 atom stereocenters. The minimum atomic E-state index is -3.65. The van der Waals surface area contributed by atoms with Crippen LogP contribution in [0.4, 0.5) is 0 Å². The molecule has 1 fully saturated rings. The Labute approximate surface area is 153 Å². The lowest BCUT2D eigenvalue weighted by Crippen LogP contribution is -2.26. The summed E-state index contributed by atoms with van der Waals surface area (Å²) in [5, 5.41) is 0. The Bertz CT molecular complexity index is 904. The van der Waals surface area contributed by atoms with Gasteiger partial charge in [0.1, 0.15) is 11.5 Å². The van der Waals surface area contributed by atoms with E-state index in [9.17, 15) is 8.42 Å². The van der Waals surface area contributed by atoms with Gasteiger partial charge in [-0.3, -0.25) is 0 Å². The van der Waals surface area contributed by atoms with E-state index >= 15 is 0 Å². The van der Waals surface area contributed by atoms with Gasteiger partial charge in [-0.1, -0.05) is 6.92 Å². The lowest BCUT2D eigenvalue weighted by atomic mass is 10.3. The van der Waals surface area contributed by atoms with Gasteiger partial charge in [-0.05, 0) is 36.6 Å². The molecule has 2 aromatic rings. The summed E-state index contributed by atoms with van der Waals surface area (Å²) >= 11 is 0. The topological polar surface area (TPSA) is 69.0 Å². The third-order valence-corrected chi connectivity index (χ3v) is 6.76. The van der Waals surface area contributed by atoms with Crippen LogP contribution in [-0.4, -0.2) is 33.0 Å². The maximum absolute atomic E-state index is 12.9. The largest absolute Gasteiger partial charge is 0.490 e. The predicted molar refractivity (Wildman–Crippen MR) is 95.9 cm³/mol. The van der Waals surface area contributed by atoms with Crippen molar-refractivity contribution < 1.29 is 22.3 Å². The molecule has 4 rings (SSSR count). The Hall–Kier alpha value is -1.99. The minimum absolute atomic E-state index is 0.187. The summed E-state index contributed by atoms with van der Waals surface area (Å²) in [5.74, 6) is 3.79. The molecule has 2 aliphatic rings. The molecular weight excluding hydrogens is 354 g/mol. The predicted octanol–water partition coefficient (Wildman–Crippen LogP) is 3.39. The number of hydrogen-bond donors (Lipinski definition) is 0. The summed E-state index contributed by atoms with van der Waals surface area (Å²) in [5.41, 5.74) is 0. The smallest absolute Gasteiger partial charge is 0.243 e. The first kappa shape index (κ1) is 17.4. The molecule has 1 aromatic heterocycles. The Morgan fingerprint density at radius 1 is 1.12 bits per heavy atom. The fourth-order valence-electron chi connectivity index (χ4n) is 3.19. The average molecular weight is 377 g/mol. The molecule has 0 bridgehead atoms. The van der Waals surface area contributed by atoms with E-state index in [1.165, 1.54) is 10.4 Å². The zero-order valence-corrected chi connectivity index (χ0v) is 15.8. The highest BCUT2D eigenvalue weighted by atomic mass is 32.2. The molecule has 1 aromatic carbocycles. The van der Waals surface area contributed by atoms with Crippen LogP contribution in [-0.2, 0) is 16.6 Å². The fourth-order valence-corrected chi connectivity index (χ4v) is 4.34. The lowest BCUT2D eigenvalue weighted by Gasteiger charge is -2.17. The van der Waals surface area contributed by atoms with Crippen molar-refractivity contribution >= 4 is 10.0 Å². The second-order valence-corrected chi connectivity index (χ2v) is 9.09. The van der Waals surface area contributed by atoms with E-state index in [4.69, 9.17) is 13.9 Å². The molecule has 0 saturated heterocycles. The molecule has 1 aliphatic carbocycles. The van der Waals surface area contributed by atoms with E-state index in [2.05, 4.69) is 6.92 Å². The van der Waals surface area contributed by atoms with Crippen molar-refractivity contribution in [2.45, 2.75) is 37.1 Å². The van der Waals surface area contributed by atoms with Crippen LogP contribution in [0.1, 0.15) is 37.2 Å². The highest BCUT2D eigenvalue weighted by Crippen LogP contribution is 2.47. The number of fused-ring (bicyclic) bond motifs is 1. The molecule has 26 heavy (non-hydrogen) atoms. The molecule has 0 radical (unpaired) electrons. The highest BCUT2D eigenvalue weighted by Gasteiger charge is 2.36. The lowest BCUT2D eigenvalue weighted by molar-refractivity contribution is 0.297. The van der Waals surface area contributed by atoms with Crippen LogP contribution in [0.3, 0.4) is 0 Å². The first-order valence-corrected chi connectivity index (χ1v) is 10.3. The third kappa shape index (κ3) is 3.33. The van der Waals surface area contributed by atoms with Gasteiger partial charge in [0.05, 0.1) is 24.7 Å². The summed E-state index contributed by atoms with van der Waals surface area (Å²) in [7, 11) is -2.10. The zero-order valence-electron chi connectivity index (χ0n) is 15.0. The molecule has 2 heterocycles. The van der Waals surface area contributed by atoms with Crippen molar-refractivity contribution in [1.82, 2.24) is 4.31 Å². The molecule has 0 N–H and O–H groups in total. The fraction of sp³-hybridized carbons (Fsp3) is 0.474. The molecular formula is C19H23NO5S. The number of nitrogens with zero attached hydrogens (tertiary/aromatic N) is 1. The number of hydrogen-bond acceptors (Lipinski definition) is 5. The van der Waals surface area contributed by atoms with Crippen molar-refractivity contribution in [3.8, 4) is 11.5 Å². The van der Waals surface area contributed by atoms with E-state index in [-0.39, 0.29) is 11.4 Å². The van der Waals surface area contributed by atoms with Crippen molar-refractivity contribution in [2.24, 2.45) is 5.92 Å². The monoisotopic (exact) mass is 377 g/mol. The Morgan fingerprint density at radius 2 is 1.85 bits per heavy atom. The number of rotatable bonds is 5. The molecule has 1 aliphatic heterocycles. The molecule has 1 saturated carbocycles. The van der Waals surface area contributed by atoms with E-state index in [1.54, 1.807) is 19.2 Å². The first-order chi connectivity index (χ1) is 12.4. The molecule has 6 nitrogen and oxygen atoms in total. The van der Waals surface area contributed by atoms with Crippen molar-refractivity contribution in [3.63, 3.8) is 0 Å². The zero-order chi connectivity index (χ0) is 18.3. The summed E-state index contributed by atoms with van der Waals surface area (Å²) < 4.78 is 44.1. The van der Waals surface area contributed by atoms with E-state index in [0.717, 1.165) is 18.6 Å². The van der Waals surface area contributed by atoms with E-state index in [1.807, 2.05) is 12.1 Å². The Kier molecular flexibility index (Phi) is 4.44. The quantitative estimate of drug-likeness (QED) is 0.799. The molecule has 0 amide bonds. The van der Waals surface area contributed by atoms with Crippen LogP contribution in [0.5, 0.6) is 11.5 Å². The summed E-state index contributed by atoms with van der Waals surface area (Å²) in [4.78, 5) is 0.187. The van der Waals surface area contributed by atoms with Gasteiger partial charge in [-0.2, -0.15) is 4.31 Å². The standard InChI is InChI=1S/C19H23NO5S/c1-13-10-16(13)17-6-4-14(25-17)12-20(2)26(21,22)15-5-7-18-19(11-15)24-9-3-8-23-18/h4-7,11,13,16H,3,8-10,12H2,1-2H3/t13-,16-/m1/s1. The van der Waals surface area contributed by atoms with Gasteiger partial charge in [0.2, 0.25) is 10.0 Å². The number of sulfonamides is 1. The normalized spacial score (nSPS) is 22.3. The third-order valence-electron chi connectivity index (χ3n) is 4.96. The van der Waals surface area contributed by atoms with Gasteiger partial charge in [0.15, 0.2) is 11.5 Å². The van der Waals surface area contributed by atoms with Crippen molar-refractivity contribution in [3.05, 3.63) is 41.9 Å². The van der Waals surface area contributed by atoms with Crippen molar-refractivity contribution in [2.75, 3.05) is 20.3 Å². The SMILES string of the molecule is C[C@@H]1C[C@H]1c1ccc(CN(C)S(=O)(=O)c2ccc3c(c2)OCCCO3)o1. The number of benzene rings is 1. The number of ether oxygens (including phenoxy) is 2. The summed E-state index contributed by atoms with van der Waals surface area (Å²) in [6, 6.07) is 8.56. The maximum atomic E-state index is 12.9. The molecule has 0 unspecified atom stereocenters. The second-order valence-electron chi connectivity index (χ2n) is 7.04. The van der Waals surface area contributed by atoms with Crippen LogP contribution >= 0.6 is 0 Å². The first-order valence-electron chi connectivity index (χ1n) is 8.90. The second kappa shape index (κ2) is 6.63. The van der Waals surface area contributed by atoms with E-state index < -0.39 is 10.0 Å².